The smallest absolute Gasteiger partial charge is 0.293 e. The van der Waals surface area contributed by atoms with E-state index >= 15 is 0 Å². The van der Waals surface area contributed by atoms with Crippen molar-refractivity contribution in [3.63, 3.8) is 0 Å². The second-order valence-electron chi connectivity index (χ2n) is 6.82. The molecule has 2 aromatic heterocycles. The van der Waals surface area contributed by atoms with E-state index in [1.54, 1.807) is 12.3 Å². The largest absolute Gasteiger partial charge is 0.431 e. The van der Waals surface area contributed by atoms with Gasteiger partial charge in [0.1, 0.15) is 17.2 Å². The van der Waals surface area contributed by atoms with Crippen LogP contribution in [0.2, 0.25) is 0 Å². The van der Waals surface area contributed by atoms with E-state index in [0.717, 1.165) is 43.4 Å². The lowest BCUT2D eigenvalue weighted by Gasteiger charge is -2.33. The van der Waals surface area contributed by atoms with Crippen LogP contribution in [-0.4, -0.2) is 35.0 Å². The lowest BCUT2D eigenvalue weighted by atomic mass is 10.1. The zero-order chi connectivity index (χ0) is 20.4. The van der Waals surface area contributed by atoms with Crippen molar-refractivity contribution >= 4 is 17.3 Å². The van der Waals surface area contributed by atoms with Gasteiger partial charge in [0.05, 0.1) is 23.8 Å². The molecule has 3 N–H and O–H groups in total. The van der Waals surface area contributed by atoms with Crippen molar-refractivity contribution < 1.29 is 18.0 Å². The molecule has 0 spiro atoms. The van der Waals surface area contributed by atoms with E-state index in [9.17, 15) is 13.6 Å². The average Bonchev–Trinajstić information content (AvgIpc) is 3.18. The van der Waals surface area contributed by atoms with Crippen molar-refractivity contribution in [2.24, 2.45) is 5.73 Å². The first kappa shape index (κ1) is 19.0. The van der Waals surface area contributed by atoms with Gasteiger partial charge >= 0.3 is 0 Å². The number of benzene rings is 1. The Kier molecular flexibility index (Phi) is 5.22. The van der Waals surface area contributed by atoms with Gasteiger partial charge in [-0.05, 0) is 31.0 Å². The Hall–Kier alpha value is -3.33. The van der Waals surface area contributed by atoms with Crippen LogP contribution < -0.4 is 16.0 Å². The predicted molar refractivity (Wildman–Crippen MR) is 103 cm³/mol. The molecule has 1 saturated heterocycles. The molecule has 1 aliphatic rings. The number of nitrogens with two attached hydrogens (primary N) is 1. The molecule has 150 valence electrons. The molecule has 0 radical (unpaired) electrons. The summed E-state index contributed by atoms with van der Waals surface area (Å²) in [6.45, 7) is 1.49. The summed E-state index contributed by atoms with van der Waals surface area (Å²) >= 11 is 0. The van der Waals surface area contributed by atoms with E-state index in [1.165, 1.54) is 12.3 Å². The van der Waals surface area contributed by atoms with Crippen molar-refractivity contribution in [3.8, 4) is 11.5 Å². The van der Waals surface area contributed by atoms with Gasteiger partial charge in [-0.1, -0.05) is 6.07 Å². The third kappa shape index (κ3) is 3.95. The lowest BCUT2D eigenvalue weighted by molar-refractivity contribution is 0.0997. The molecular formula is C20H19F2N5O2. The first-order valence-electron chi connectivity index (χ1n) is 9.19. The third-order valence-electron chi connectivity index (χ3n) is 4.75. The maximum atomic E-state index is 13.9. The van der Waals surface area contributed by atoms with Crippen molar-refractivity contribution in [3.05, 3.63) is 60.3 Å². The number of rotatable bonds is 4. The highest BCUT2D eigenvalue weighted by atomic mass is 19.1. The Balaban J connectivity index is 1.56. The first-order valence-corrected chi connectivity index (χ1v) is 9.19. The Labute approximate surface area is 165 Å². The molecule has 7 nitrogen and oxygen atoms in total. The van der Waals surface area contributed by atoms with Crippen LogP contribution in [-0.2, 0) is 0 Å². The van der Waals surface area contributed by atoms with Crippen molar-refractivity contribution in [1.29, 1.82) is 0 Å². The van der Waals surface area contributed by atoms with Crippen LogP contribution in [0.15, 0.2) is 47.3 Å². The SMILES string of the molecule is N[C@H]1CCCN(c2ccncc2NC(=O)c2cnc(-c3c(F)cccc3F)o2)C1. The number of amides is 1. The summed E-state index contributed by atoms with van der Waals surface area (Å²) in [6.07, 6.45) is 6.20. The van der Waals surface area contributed by atoms with Gasteiger partial charge in [-0.15, -0.1) is 0 Å². The highest BCUT2D eigenvalue weighted by Gasteiger charge is 2.22. The molecule has 0 aliphatic carbocycles. The van der Waals surface area contributed by atoms with Crippen LogP contribution in [0.25, 0.3) is 11.5 Å². The first-order chi connectivity index (χ1) is 14.0. The van der Waals surface area contributed by atoms with E-state index in [4.69, 9.17) is 10.2 Å². The summed E-state index contributed by atoms with van der Waals surface area (Å²) in [5.74, 6) is -2.73. The van der Waals surface area contributed by atoms with Crippen LogP contribution in [0.1, 0.15) is 23.4 Å². The normalized spacial score (nSPS) is 16.7. The van der Waals surface area contributed by atoms with E-state index in [1.807, 2.05) is 0 Å². The molecule has 3 aromatic rings. The molecule has 1 amide bonds. The average molecular weight is 399 g/mol. The number of carbonyl (C=O) groups is 1. The van der Waals surface area contributed by atoms with Gasteiger partial charge < -0.3 is 20.4 Å². The molecule has 1 aliphatic heterocycles. The zero-order valence-corrected chi connectivity index (χ0v) is 15.4. The number of carbonyl (C=O) groups excluding carboxylic acids is 1. The van der Waals surface area contributed by atoms with Gasteiger partial charge in [0.25, 0.3) is 5.91 Å². The van der Waals surface area contributed by atoms with Crippen LogP contribution in [0.5, 0.6) is 0 Å². The summed E-state index contributed by atoms with van der Waals surface area (Å²) < 4.78 is 33.1. The molecule has 1 fully saturated rings. The highest BCUT2D eigenvalue weighted by Crippen LogP contribution is 2.29. The van der Waals surface area contributed by atoms with Gasteiger partial charge in [-0.25, -0.2) is 13.8 Å². The number of oxazole rings is 1. The van der Waals surface area contributed by atoms with Gasteiger partial charge in [0.15, 0.2) is 0 Å². The van der Waals surface area contributed by atoms with E-state index in [-0.39, 0.29) is 17.7 Å². The summed E-state index contributed by atoms with van der Waals surface area (Å²) in [5.41, 5.74) is 6.92. The number of aromatic nitrogens is 2. The van der Waals surface area contributed by atoms with Gasteiger partial charge in [-0.2, -0.15) is 0 Å². The number of nitrogens with one attached hydrogen (secondary N) is 1. The van der Waals surface area contributed by atoms with Crippen molar-refractivity contribution in [2.75, 3.05) is 23.3 Å². The fraction of sp³-hybridized carbons (Fsp3) is 0.250. The number of halogens is 2. The minimum Gasteiger partial charge on any atom is -0.431 e. The highest BCUT2D eigenvalue weighted by molar-refractivity contribution is 6.04. The number of hydrogen-bond acceptors (Lipinski definition) is 6. The summed E-state index contributed by atoms with van der Waals surface area (Å²) in [7, 11) is 0. The maximum Gasteiger partial charge on any atom is 0.293 e. The Morgan fingerprint density at radius 2 is 2.03 bits per heavy atom. The molecule has 1 aromatic carbocycles. The Morgan fingerprint density at radius 3 is 2.79 bits per heavy atom. The van der Waals surface area contributed by atoms with Crippen LogP contribution in [0.3, 0.4) is 0 Å². The van der Waals surface area contributed by atoms with Gasteiger partial charge in [0.2, 0.25) is 11.7 Å². The number of piperidine rings is 1. The lowest BCUT2D eigenvalue weighted by Crippen LogP contribution is -2.43. The Bertz CT molecular complexity index is 1020. The fourth-order valence-corrected chi connectivity index (χ4v) is 3.37. The molecular weight excluding hydrogens is 380 g/mol. The fourth-order valence-electron chi connectivity index (χ4n) is 3.37. The summed E-state index contributed by atoms with van der Waals surface area (Å²) in [4.78, 5) is 22.6. The van der Waals surface area contributed by atoms with Crippen molar-refractivity contribution in [1.82, 2.24) is 9.97 Å². The maximum absolute atomic E-state index is 13.9. The summed E-state index contributed by atoms with van der Waals surface area (Å²) in [6, 6.07) is 5.28. The van der Waals surface area contributed by atoms with Crippen molar-refractivity contribution in [2.45, 2.75) is 18.9 Å². The van der Waals surface area contributed by atoms with Crippen LogP contribution in [0, 0.1) is 11.6 Å². The molecule has 0 saturated carbocycles. The van der Waals surface area contributed by atoms with E-state index in [0.29, 0.717) is 12.2 Å². The van der Waals surface area contributed by atoms with Crippen LogP contribution >= 0.6 is 0 Å². The third-order valence-corrected chi connectivity index (χ3v) is 4.75. The number of hydrogen-bond donors (Lipinski definition) is 2. The number of anilines is 2. The molecule has 0 unspecified atom stereocenters. The van der Waals surface area contributed by atoms with E-state index in [2.05, 4.69) is 20.2 Å². The minimum absolute atomic E-state index is 0.0629. The molecule has 9 heteroatoms. The van der Waals surface area contributed by atoms with Gasteiger partial charge in [-0.3, -0.25) is 9.78 Å². The molecule has 4 rings (SSSR count). The zero-order valence-electron chi connectivity index (χ0n) is 15.4. The molecule has 29 heavy (non-hydrogen) atoms. The number of nitrogens with zero attached hydrogens (tertiary/aromatic N) is 3. The second kappa shape index (κ2) is 7.96. The quantitative estimate of drug-likeness (QED) is 0.699. The van der Waals surface area contributed by atoms with Gasteiger partial charge in [0, 0.05) is 25.3 Å². The number of pyridine rings is 1. The predicted octanol–water partition coefficient (Wildman–Crippen LogP) is 3.19. The standard InChI is InChI=1S/C20H19F2N5O2/c21-13-4-1-5-14(22)18(13)20-25-10-17(29-20)19(28)26-15-9-24-7-6-16(15)27-8-2-3-12(23)11-27/h1,4-7,9-10,12H,2-3,8,11,23H2,(H,26,28)/t12-/m0/s1. The molecule has 0 bridgehead atoms. The summed E-state index contributed by atoms with van der Waals surface area (Å²) in [5, 5.41) is 2.73. The monoisotopic (exact) mass is 399 g/mol. The minimum atomic E-state index is -0.824. The Morgan fingerprint density at radius 1 is 1.24 bits per heavy atom. The molecule has 1 atom stereocenters. The topological polar surface area (TPSA) is 97.3 Å². The molecule has 3 heterocycles. The second-order valence-corrected chi connectivity index (χ2v) is 6.82. The van der Waals surface area contributed by atoms with E-state index < -0.39 is 23.1 Å². The van der Waals surface area contributed by atoms with Crippen LogP contribution in [0.4, 0.5) is 20.2 Å².